The molecule has 0 aliphatic carbocycles. The number of rotatable bonds is 7. The van der Waals surface area contributed by atoms with Gasteiger partial charge < -0.3 is 4.74 Å². The number of esters is 1. The van der Waals surface area contributed by atoms with E-state index in [1.807, 2.05) is 12.1 Å². The van der Waals surface area contributed by atoms with Gasteiger partial charge in [-0.25, -0.2) is 0 Å². The van der Waals surface area contributed by atoms with Gasteiger partial charge in [0.25, 0.3) is 0 Å². The van der Waals surface area contributed by atoms with E-state index in [4.69, 9.17) is 4.74 Å². The van der Waals surface area contributed by atoms with Crippen molar-refractivity contribution in [1.29, 1.82) is 0 Å². The fourth-order valence-corrected chi connectivity index (χ4v) is 2.12. The second-order valence-electron chi connectivity index (χ2n) is 4.86. The van der Waals surface area contributed by atoms with Crippen molar-refractivity contribution in [1.82, 2.24) is 0 Å². The van der Waals surface area contributed by atoms with E-state index >= 15 is 0 Å². The van der Waals surface area contributed by atoms with E-state index in [1.165, 1.54) is 31.7 Å². The highest BCUT2D eigenvalue weighted by Crippen LogP contribution is 2.25. The average molecular weight is 248 g/mol. The minimum Gasteiger partial charge on any atom is -0.458 e. The summed E-state index contributed by atoms with van der Waals surface area (Å²) in [7, 11) is 0. The largest absolute Gasteiger partial charge is 0.458 e. The third-order valence-electron chi connectivity index (χ3n) is 3.04. The Hall–Kier alpha value is -1.31. The molecule has 0 aromatic heterocycles. The second-order valence-corrected chi connectivity index (χ2v) is 4.86. The number of hydrogen-bond donors (Lipinski definition) is 0. The number of hydrogen-bond acceptors (Lipinski definition) is 2. The van der Waals surface area contributed by atoms with Crippen molar-refractivity contribution in [2.75, 3.05) is 0 Å². The smallest absolute Gasteiger partial charge is 0.303 e. The standard InChI is InChI=1S/C16H24O2/c1-4-5-6-7-11-16(18-14(3)17)15-10-8-9-13(2)12-15/h8-10,12,16H,4-7,11H2,1-3H3. The molecule has 0 aliphatic rings. The van der Waals surface area contributed by atoms with Gasteiger partial charge in [-0.1, -0.05) is 56.0 Å². The van der Waals surface area contributed by atoms with Crippen molar-refractivity contribution in [2.24, 2.45) is 0 Å². The second kappa shape index (κ2) is 7.91. The van der Waals surface area contributed by atoms with Crippen LogP contribution in [0.5, 0.6) is 0 Å². The van der Waals surface area contributed by atoms with Crippen LogP contribution in [-0.2, 0) is 9.53 Å². The summed E-state index contributed by atoms with van der Waals surface area (Å²) >= 11 is 0. The van der Waals surface area contributed by atoms with Crippen LogP contribution in [0.3, 0.4) is 0 Å². The van der Waals surface area contributed by atoms with Gasteiger partial charge in [0.2, 0.25) is 0 Å². The molecule has 1 unspecified atom stereocenters. The Bertz CT molecular complexity index is 371. The molecule has 1 aromatic carbocycles. The molecular formula is C16H24O2. The predicted octanol–water partition coefficient (Wildman–Crippen LogP) is 4.57. The van der Waals surface area contributed by atoms with Gasteiger partial charge >= 0.3 is 5.97 Å². The van der Waals surface area contributed by atoms with Gasteiger partial charge in [0.15, 0.2) is 0 Å². The molecule has 0 amide bonds. The summed E-state index contributed by atoms with van der Waals surface area (Å²) in [4.78, 5) is 11.2. The highest BCUT2D eigenvalue weighted by Gasteiger charge is 2.14. The van der Waals surface area contributed by atoms with Crippen LogP contribution in [0.2, 0.25) is 0 Å². The first-order valence-electron chi connectivity index (χ1n) is 6.87. The SMILES string of the molecule is CCCCCCC(OC(C)=O)c1cccc(C)c1. The van der Waals surface area contributed by atoms with Crippen LogP contribution in [-0.4, -0.2) is 5.97 Å². The van der Waals surface area contributed by atoms with Crippen LogP contribution >= 0.6 is 0 Å². The Morgan fingerprint density at radius 3 is 2.67 bits per heavy atom. The van der Waals surface area contributed by atoms with Crippen LogP contribution in [0.4, 0.5) is 0 Å². The lowest BCUT2D eigenvalue weighted by molar-refractivity contribution is -0.147. The monoisotopic (exact) mass is 248 g/mol. The zero-order chi connectivity index (χ0) is 13.4. The first kappa shape index (κ1) is 14.7. The number of benzene rings is 1. The third-order valence-corrected chi connectivity index (χ3v) is 3.04. The molecule has 0 spiro atoms. The molecule has 0 saturated carbocycles. The maximum atomic E-state index is 11.2. The average Bonchev–Trinajstić information content (AvgIpc) is 2.32. The van der Waals surface area contributed by atoms with Crippen LogP contribution in [0, 0.1) is 6.92 Å². The fraction of sp³-hybridized carbons (Fsp3) is 0.562. The maximum Gasteiger partial charge on any atom is 0.303 e. The van der Waals surface area contributed by atoms with Crippen LogP contribution in [0.15, 0.2) is 24.3 Å². The third kappa shape index (κ3) is 5.35. The Labute approximate surface area is 110 Å². The van der Waals surface area contributed by atoms with Crippen LogP contribution < -0.4 is 0 Å². The summed E-state index contributed by atoms with van der Waals surface area (Å²) in [6.45, 7) is 5.74. The van der Waals surface area contributed by atoms with Crippen molar-refractivity contribution < 1.29 is 9.53 Å². The van der Waals surface area contributed by atoms with Crippen LogP contribution in [0.1, 0.15) is 63.2 Å². The molecule has 0 bridgehead atoms. The Morgan fingerprint density at radius 2 is 2.06 bits per heavy atom. The molecule has 1 atom stereocenters. The molecule has 0 radical (unpaired) electrons. The molecule has 1 aromatic rings. The summed E-state index contributed by atoms with van der Waals surface area (Å²) in [5.41, 5.74) is 2.32. The normalized spacial score (nSPS) is 12.2. The van der Waals surface area contributed by atoms with E-state index in [2.05, 4.69) is 26.0 Å². The molecule has 2 heteroatoms. The van der Waals surface area contributed by atoms with Crippen molar-refractivity contribution in [3.8, 4) is 0 Å². The van der Waals surface area contributed by atoms with E-state index in [-0.39, 0.29) is 12.1 Å². The number of ether oxygens (including phenoxy) is 1. The molecule has 100 valence electrons. The number of carbonyl (C=O) groups excluding carboxylic acids is 1. The lowest BCUT2D eigenvalue weighted by Gasteiger charge is -2.17. The summed E-state index contributed by atoms with van der Waals surface area (Å²) in [5, 5.41) is 0. The fourth-order valence-electron chi connectivity index (χ4n) is 2.12. The van der Waals surface area contributed by atoms with E-state index in [0.29, 0.717) is 0 Å². The molecule has 0 aliphatic heterocycles. The van der Waals surface area contributed by atoms with E-state index in [1.54, 1.807) is 0 Å². The molecule has 0 saturated heterocycles. The lowest BCUT2D eigenvalue weighted by atomic mass is 10.0. The van der Waals surface area contributed by atoms with Crippen molar-refractivity contribution in [3.63, 3.8) is 0 Å². The van der Waals surface area contributed by atoms with Crippen molar-refractivity contribution in [3.05, 3.63) is 35.4 Å². The molecule has 1 rings (SSSR count). The first-order chi connectivity index (χ1) is 8.63. The molecule has 2 nitrogen and oxygen atoms in total. The summed E-state index contributed by atoms with van der Waals surface area (Å²) in [6.07, 6.45) is 5.63. The minimum atomic E-state index is -0.197. The van der Waals surface area contributed by atoms with Crippen LogP contribution in [0.25, 0.3) is 0 Å². The van der Waals surface area contributed by atoms with E-state index < -0.39 is 0 Å². The number of carbonyl (C=O) groups is 1. The lowest BCUT2D eigenvalue weighted by Crippen LogP contribution is -2.08. The summed E-state index contributed by atoms with van der Waals surface area (Å²) < 4.78 is 5.43. The zero-order valence-electron chi connectivity index (χ0n) is 11.7. The zero-order valence-corrected chi connectivity index (χ0v) is 11.7. The van der Waals surface area contributed by atoms with Gasteiger partial charge in [-0.15, -0.1) is 0 Å². The van der Waals surface area contributed by atoms with E-state index in [9.17, 15) is 4.79 Å². The quantitative estimate of drug-likeness (QED) is 0.522. The highest BCUT2D eigenvalue weighted by molar-refractivity contribution is 5.66. The number of unbranched alkanes of at least 4 members (excludes halogenated alkanes) is 3. The predicted molar refractivity (Wildman–Crippen MR) is 74.4 cm³/mol. The Kier molecular flexibility index (Phi) is 6.48. The van der Waals surface area contributed by atoms with Gasteiger partial charge in [-0.2, -0.15) is 0 Å². The minimum absolute atomic E-state index is 0.0840. The highest BCUT2D eigenvalue weighted by atomic mass is 16.5. The van der Waals surface area contributed by atoms with Gasteiger partial charge in [-0.05, 0) is 25.3 Å². The topological polar surface area (TPSA) is 26.3 Å². The Balaban J connectivity index is 2.62. The van der Waals surface area contributed by atoms with Gasteiger partial charge in [0, 0.05) is 6.92 Å². The van der Waals surface area contributed by atoms with Gasteiger partial charge in [0.1, 0.15) is 6.10 Å². The van der Waals surface area contributed by atoms with Gasteiger partial charge in [-0.3, -0.25) is 4.79 Å². The molecule has 0 fully saturated rings. The van der Waals surface area contributed by atoms with Crippen molar-refractivity contribution in [2.45, 2.75) is 59.0 Å². The molecule has 0 heterocycles. The van der Waals surface area contributed by atoms with Gasteiger partial charge in [0.05, 0.1) is 0 Å². The maximum absolute atomic E-state index is 11.2. The summed E-state index contributed by atoms with van der Waals surface area (Å²) in [5.74, 6) is -0.197. The molecule has 0 N–H and O–H groups in total. The first-order valence-corrected chi connectivity index (χ1v) is 6.87. The Morgan fingerprint density at radius 1 is 1.28 bits per heavy atom. The summed E-state index contributed by atoms with van der Waals surface area (Å²) in [6, 6.07) is 8.23. The molecular weight excluding hydrogens is 224 g/mol. The van der Waals surface area contributed by atoms with Crippen molar-refractivity contribution >= 4 is 5.97 Å². The van der Waals surface area contributed by atoms with E-state index in [0.717, 1.165) is 18.4 Å². The molecule has 18 heavy (non-hydrogen) atoms. The number of aryl methyl sites for hydroxylation is 1.